The minimum atomic E-state index is -0.374. The first-order valence-electron chi connectivity index (χ1n) is 12.6. The standard InChI is InChI=1S/C29H30IN3O5S2/c1-3-36-25-15-20(14-24(30)28(25)38-17-26(34)32-22-8-4-19(2)5-9-22)16-31-33-27(35)18-37-23-10-6-21(7-11-23)29-39-12-13-40-29/h4-11,14-16,29H,3,12-13,17-18H2,1-2H3,(H,32,34)(H,33,35)/b31-16-. The van der Waals surface area contributed by atoms with E-state index in [4.69, 9.17) is 14.2 Å². The molecule has 2 N–H and O–H groups in total. The third-order valence-electron chi connectivity index (χ3n) is 5.56. The van der Waals surface area contributed by atoms with Crippen molar-refractivity contribution in [3.05, 3.63) is 80.9 Å². The highest BCUT2D eigenvalue weighted by Crippen LogP contribution is 2.45. The second-order valence-corrected chi connectivity index (χ2v) is 12.6. The number of anilines is 1. The van der Waals surface area contributed by atoms with Gasteiger partial charge >= 0.3 is 0 Å². The van der Waals surface area contributed by atoms with Crippen LogP contribution >= 0.6 is 46.1 Å². The lowest BCUT2D eigenvalue weighted by Crippen LogP contribution is -2.24. The van der Waals surface area contributed by atoms with Gasteiger partial charge in [-0.3, -0.25) is 9.59 Å². The van der Waals surface area contributed by atoms with E-state index in [0.29, 0.717) is 39.7 Å². The Morgan fingerprint density at radius 2 is 1.68 bits per heavy atom. The summed E-state index contributed by atoms with van der Waals surface area (Å²) in [4.78, 5) is 24.6. The van der Waals surface area contributed by atoms with Crippen LogP contribution in [0.2, 0.25) is 0 Å². The molecular weight excluding hydrogens is 661 g/mol. The number of benzene rings is 3. The van der Waals surface area contributed by atoms with Gasteiger partial charge in [0.15, 0.2) is 24.7 Å². The Morgan fingerprint density at radius 1 is 0.975 bits per heavy atom. The molecule has 3 aromatic carbocycles. The first-order valence-corrected chi connectivity index (χ1v) is 15.8. The predicted octanol–water partition coefficient (Wildman–Crippen LogP) is 6.02. The lowest BCUT2D eigenvalue weighted by molar-refractivity contribution is -0.123. The largest absolute Gasteiger partial charge is 0.490 e. The highest BCUT2D eigenvalue weighted by atomic mass is 127. The van der Waals surface area contributed by atoms with Crippen LogP contribution in [0, 0.1) is 10.5 Å². The maximum atomic E-state index is 12.4. The number of thioether (sulfide) groups is 2. The smallest absolute Gasteiger partial charge is 0.277 e. The molecule has 0 spiro atoms. The minimum absolute atomic E-state index is 0.150. The Hall–Kier alpha value is -2.90. The number of ether oxygens (including phenoxy) is 3. The van der Waals surface area contributed by atoms with Crippen LogP contribution in [0.3, 0.4) is 0 Å². The lowest BCUT2D eigenvalue weighted by atomic mass is 10.2. The molecular formula is C29H30IN3O5S2. The molecule has 1 aliphatic heterocycles. The average Bonchev–Trinajstić information content (AvgIpc) is 3.48. The fraction of sp³-hybridized carbons (Fsp3) is 0.276. The Labute approximate surface area is 256 Å². The van der Waals surface area contributed by atoms with Crippen molar-refractivity contribution in [3.8, 4) is 17.2 Å². The number of halogens is 1. The highest BCUT2D eigenvalue weighted by molar-refractivity contribution is 14.1. The third kappa shape index (κ3) is 9.07. The number of carbonyl (C=O) groups excluding carboxylic acids is 2. The highest BCUT2D eigenvalue weighted by Gasteiger charge is 2.18. The molecule has 8 nitrogen and oxygen atoms in total. The van der Waals surface area contributed by atoms with Gasteiger partial charge in [-0.05, 0) is 84.0 Å². The summed E-state index contributed by atoms with van der Waals surface area (Å²) in [6, 6.07) is 19.0. The summed E-state index contributed by atoms with van der Waals surface area (Å²) >= 11 is 6.01. The minimum Gasteiger partial charge on any atom is -0.490 e. The van der Waals surface area contributed by atoms with Crippen molar-refractivity contribution in [2.45, 2.75) is 18.4 Å². The van der Waals surface area contributed by atoms with Crippen molar-refractivity contribution in [1.29, 1.82) is 0 Å². The number of nitrogens with zero attached hydrogens (tertiary/aromatic N) is 1. The molecule has 4 rings (SSSR count). The quantitative estimate of drug-likeness (QED) is 0.136. The van der Waals surface area contributed by atoms with Crippen molar-refractivity contribution in [1.82, 2.24) is 5.43 Å². The van der Waals surface area contributed by atoms with Crippen LogP contribution in [0.15, 0.2) is 65.8 Å². The zero-order valence-corrected chi connectivity index (χ0v) is 25.9. The van der Waals surface area contributed by atoms with Crippen LogP contribution in [0.4, 0.5) is 5.69 Å². The summed E-state index contributed by atoms with van der Waals surface area (Å²) in [5, 5.41) is 6.86. The molecule has 3 aromatic rings. The topological polar surface area (TPSA) is 98.2 Å². The van der Waals surface area contributed by atoms with E-state index in [2.05, 4.69) is 38.4 Å². The van der Waals surface area contributed by atoms with Gasteiger partial charge < -0.3 is 19.5 Å². The second kappa shape index (κ2) is 15.2. The maximum absolute atomic E-state index is 12.4. The maximum Gasteiger partial charge on any atom is 0.277 e. The molecule has 0 saturated carbocycles. The van der Waals surface area contributed by atoms with Gasteiger partial charge in [0.2, 0.25) is 0 Å². The van der Waals surface area contributed by atoms with Crippen LogP contribution < -0.4 is 25.0 Å². The summed E-state index contributed by atoms with van der Waals surface area (Å²) in [6.45, 7) is 3.94. The SMILES string of the molecule is CCOc1cc(/C=N\NC(=O)COc2ccc(C3SCCS3)cc2)cc(I)c1OCC(=O)Nc1ccc(C)cc1. The van der Waals surface area contributed by atoms with E-state index in [1.807, 2.05) is 92.0 Å². The predicted molar refractivity (Wildman–Crippen MR) is 171 cm³/mol. The number of amides is 2. The Kier molecular flexibility index (Phi) is 11.4. The molecule has 1 aliphatic rings. The molecule has 0 aliphatic carbocycles. The monoisotopic (exact) mass is 691 g/mol. The van der Waals surface area contributed by atoms with Crippen molar-refractivity contribution < 1.29 is 23.8 Å². The molecule has 2 amide bonds. The normalized spacial score (nSPS) is 13.3. The van der Waals surface area contributed by atoms with Crippen molar-refractivity contribution in [3.63, 3.8) is 0 Å². The van der Waals surface area contributed by atoms with Crippen LogP contribution in [-0.2, 0) is 9.59 Å². The number of nitrogens with one attached hydrogen (secondary N) is 2. The number of hydrogen-bond donors (Lipinski definition) is 2. The van der Waals surface area contributed by atoms with Crippen molar-refractivity contribution in [2.24, 2.45) is 5.10 Å². The molecule has 1 saturated heterocycles. The Morgan fingerprint density at radius 3 is 2.38 bits per heavy atom. The molecule has 210 valence electrons. The molecule has 0 unspecified atom stereocenters. The summed E-state index contributed by atoms with van der Waals surface area (Å²) in [7, 11) is 0. The van der Waals surface area contributed by atoms with Gasteiger partial charge in [-0.25, -0.2) is 5.43 Å². The third-order valence-corrected chi connectivity index (χ3v) is 9.47. The van der Waals surface area contributed by atoms with Crippen LogP contribution in [0.5, 0.6) is 17.2 Å². The van der Waals surface area contributed by atoms with Gasteiger partial charge in [-0.15, -0.1) is 23.5 Å². The summed E-state index contributed by atoms with van der Waals surface area (Å²) < 4.78 is 18.4. The molecule has 1 heterocycles. The zero-order valence-electron chi connectivity index (χ0n) is 22.1. The lowest BCUT2D eigenvalue weighted by Gasteiger charge is -2.14. The summed E-state index contributed by atoms with van der Waals surface area (Å²) in [5.74, 6) is 3.27. The van der Waals surface area contributed by atoms with Crippen molar-refractivity contribution >= 4 is 69.8 Å². The first kappa shape index (κ1) is 30.1. The summed E-state index contributed by atoms with van der Waals surface area (Å²) in [6.07, 6.45) is 1.52. The summed E-state index contributed by atoms with van der Waals surface area (Å²) in [5.41, 5.74) is 6.25. The fourth-order valence-corrected chi connectivity index (χ4v) is 7.31. The van der Waals surface area contributed by atoms with Gasteiger partial charge in [0, 0.05) is 17.2 Å². The molecule has 0 bridgehead atoms. The van der Waals surface area contributed by atoms with Crippen LogP contribution in [0.25, 0.3) is 0 Å². The number of aryl methyl sites for hydroxylation is 1. The molecule has 0 radical (unpaired) electrons. The number of rotatable bonds is 12. The van der Waals surface area contributed by atoms with E-state index in [1.165, 1.54) is 23.3 Å². The zero-order chi connectivity index (χ0) is 28.3. The average molecular weight is 692 g/mol. The Bertz CT molecular complexity index is 1330. The van der Waals surface area contributed by atoms with Gasteiger partial charge in [-0.1, -0.05) is 29.8 Å². The van der Waals surface area contributed by atoms with E-state index in [1.54, 1.807) is 6.07 Å². The molecule has 40 heavy (non-hydrogen) atoms. The fourth-order valence-electron chi connectivity index (χ4n) is 3.67. The van der Waals surface area contributed by atoms with Gasteiger partial charge in [0.05, 0.1) is 21.0 Å². The number of carbonyl (C=O) groups is 2. The van der Waals surface area contributed by atoms with E-state index < -0.39 is 0 Å². The van der Waals surface area contributed by atoms with Crippen molar-refractivity contribution in [2.75, 3.05) is 36.6 Å². The van der Waals surface area contributed by atoms with Crippen LogP contribution in [-0.4, -0.2) is 49.4 Å². The van der Waals surface area contributed by atoms with E-state index >= 15 is 0 Å². The molecule has 1 fully saturated rings. The number of hydrazone groups is 1. The van der Waals surface area contributed by atoms with E-state index in [0.717, 1.165) is 9.13 Å². The Balaban J connectivity index is 1.28. The number of hydrogen-bond acceptors (Lipinski definition) is 8. The van der Waals surface area contributed by atoms with Gasteiger partial charge in [-0.2, -0.15) is 5.10 Å². The van der Waals surface area contributed by atoms with E-state index in [-0.39, 0.29) is 25.0 Å². The van der Waals surface area contributed by atoms with Gasteiger partial charge in [0.25, 0.3) is 11.8 Å². The molecule has 0 atom stereocenters. The van der Waals surface area contributed by atoms with Crippen LogP contribution in [0.1, 0.15) is 28.2 Å². The van der Waals surface area contributed by atoms with Gasteiger partial charge in [0.1, 0.15) is 5.75 Å². The van der Waals surface area contributed by atoms with E-state index in [9.17, 15) is 9.59 Å². The molecule has 0 aromatic heterocycles. The first-order chi connectivity index (χ1) is 19.4. The second-order valence-electron chi connectivity index (χ2n) is 8.69. The molecule has 11 heteroatoms.